The SMILES string of the molecule is CCCCN1C(C)=C(C#N)c2ccccc2C1NC(C)=O. The van der Waals surface area contributed by atoms with Gasteiger partial charge in [0.1, 0.15) is 12.2 Å². The summed E-state index contributed by atoms with van der Waals surface area (Å²) >= 11 is 0. The number of carbonyl (C=O) groups excluding carboxylic acids is 1. The molecule has 1 aliphatic heterocycles. The molecule has 1 amide bonds. The fraction of sp³-hybridized carbons (Fsp3) is 0.412. The molecule has 1 aliphatic rings. The molecule has 1 N–H and O–H groups in total. The summed E-state index contributed by atoms with van der Waals surface area (Å²) in [5.74, 6) is -0.0653. The van der Waals surface area contributed by atoms with E-state index >= 15 is 0 Å². The number of unbranched alkanes of at least 4 members (excludes halogenated alkanes) is 1. The van der Waals surface area contributed by atoms with Gasteiger partial charge in [-0.15, -0.1) is 0 Å². The number of rotatable bonds is 4. The van der Waals surface area contributed by atoms with Crippen LogP contribution >= 0.6 is 0 Å². The molecule has 0 radical (unpaired) electrons. The van der Waals surface area contributed by atoms with Crippen LogP contribution in [-0.4, -0.2) is 17.4 Å². The minimum atomic E-state index is -0.192. The van der Waals surface area contributed by atoms with Crippen molar-refractivity contribution in [3.05, 3.63) is 41.1 Å². The third-order valence-electron chi connectivity index (χ3n) is 3.83. The number of carbonyl (C=O) groups is 1. The number of allylic oxidation sites excluding steroid dienone is 2. The molecule has 21 heavy (non-hydrogen) atoms. The highest BCUT2D eigenvalue weighted by Crippen LogP contribution is 2.37. The molecule has 0 saturated heterocycles. The molecule has 0 fully saturated rings. The highest BCUT2D eigenvalue weighted by molar-refractivity contribution is 5.83. The van der Waals surface area contributed by atoms with Gasteiger partial charge in [-0.05, 0) is 13.3 Å². The van der Waals surface area contributed by atoms with E-state index in [1.165, 1.54) is 6.92 Å². The lowest BCUT2D eigenvalue weighted by Crippen LogP contribution is -2.42. The summed E-state index contributed by atoms with van der Waals surface area (Å²) in [5.41, 5.74) is 3.54. The fourth-order valence-electron chi connectivity index (χ4n) is 2.78. The van der Waals surface area contributed by atoms with Crippen LogP contribution in [0, 0.1) is 11.3 Å². The van der Waals surface area contributed by atoms with E-state index in [2.05, 4.69) is 23.2 Å². The molecule has 2 rings (SSSR count). The molecular formula is C17H21N3O. The summed E-state index contributed by atoms with van der Waals surface area (Å²) in [5, 5.41) is 12.5. The number of nitrogens with zero attached hydrogens (tertiary/aromatic N) is 2. The molecule has 0 saturated carbocycles. The molecule has 4 nitrogen and oxygen atoms in total. The van der Waals surface area contributed by atoms with Crippen LogP contribution in [0.1, 0.15) is 50.9 Å². The van der Waals surface area contributed by atoms with Crippen molar-refractivity contribution in [1.82, 2.24) is 10.2 Å². The summed E-state index contributed by atoms with van der Waals surface area (Å²) in [4.78, 5) is 13.7. The maximum atomic E-state index is 11.6. The van der Waals surface area contributed by atoms with Crippen molar-refractivity contribution in [3.63, 3.8) is 0 Å². The second-order valence-corrected chi connectivity index (χ2v) is 5.31. The minimum absolute atomic E-state index is 0.0653. The van der Waals surface area contributed by atoms with Crippen LogP contribution in [0.5, 0.6) is 0 Å². The van der Waals surface area contributed by atoms with Crippen molar-refractivity contribution in [2.24, 2.45) is 0 Å². The van der Waals surface area contributed by atoms with Gasteiger partial charge in [-0.2, -0.15) is 5.26 Å². The summed E-state index contributed by atoms with van der Waals surface area (Å²) in [6.45, 7) is 6.45. The normalized spacial score (nSPS) is 17.2. The van der Waals surface area contributed by atoms with Crippen molar-refractivity contribution in [2.45, 2.75) is 39.8 Å². The van der Waals surface area contributed by atoms with Crippen LogP contribution in [0.15, 0.2) is 30.0 Å². The van der Waals surface area contributed by atoms with E-state index in [9.17, 15) is 10.1 Å². The Morgan fingerprint density at radius 2 is 2.14 bits per heavy atom. The van der Waals surface area contributed by atoms with Crippen molar-refractivity contribution < 1.29 is 4.79 Å². The fourth-order valence-corrected chi connectivity index (χ4v) is 2.78. The van der Waals surface area contributed by atoms with E-state index in [0.717, 1.165) is 36.2 Å². The van der Waals surface area contributed by atoms with Crippen molar-refractivity contribution in [1.29, 1.82) is 5.26 Å². The van der Waals surface area contributed by atoms with Crippen LogP contribution in [-0.2, 0) is 4.79 Å². The Morgan fingerprint density at radius 1 is 1.43 bits per heavy atom. The van der Waals surface area contributed by atoms with Gasteiger partial charge < -0.3 is 10.2 Å². The lowest BCUT2D eigenvalue weighted by Gasteiger charge is -2.39. The number of fused-ring (bicyclic) bond motifs is 1. The number of amides is 1. The first kappa shape index (κ1) is 15.1. The Balaban J connectivity index is 2.53. The highest BCUT2D eigenvalue weighted by atomic mass is 16.1. The van der Waals surface area contributed by atoms with Crippen LogP contribution in [0.4, 0.5) is 0 Å². The first-order valence-corrected chi connectivity index (χ1v) is 7.34. The summed E-state index contributed by atoms with van der Waals surface area (Å²) in [6, 6.07) is 10.1. The number of hydrogen-bond donors (Lipinski definition) is 1. The van der Waals surface area contributed by atoms with Gasteiger partial charge in [-0.3, -0.25) is 4.79 Å². The Labute approximate surface area is 126 Å². The van der Waals surface area contributed by atoms with Gasteiger partial charge in [0.05, 0.1) is 5.57 Å². The summed E-state index contributed by atoms with van der Waals surface area (Å²) in [7, 11) is 0. The third kappa shape index (κ3) is 2.92. The zero-order valence-corrected chi connectivity index (χ0v) is 12.8. The van der Waals surface area contributed by atoms with Crippen LogP contribution in [0.25, 0.3) is 5.57 Å². The lowest BCUT2D eigenvalue weighted by atomic mass is 9.92. The molecule has 1 heterocycles. The van der Waals surface area contributed by atoms with Gasteiger partial charge in [-0.1, -0.05) is 37.6 Å². The molecule has 0 spiro atoms. The van der Waals surface area contributed by atoms with Crippen LogP contribution in [0.2, 0.25) is 0 Å². The van der Waals surface area contributed by atoms with Gasteiger partial charge in [0.15, 0.2) is 0 Å². The zero-order valence-electron chi connectivity index (χ0n) is 12.8. The summed E-state index contributed by atoms with van der Waals surface area (Å²) < 4.78 is 0. The maximum absolute atomic E-state index is 11.6. The van der Waals surface area contributed by atoms with E-state index < -0.39 is 0 Å². The lowest BCUT2D eigenvalue weighted by molar-refractivity contribution is -0.120. The smallest absolute Gasteiger partial charge is 0.218 e. The second-order valence-electron chi connectivity index (χ2n) is 5.31. The number of hydrogen-bond acceptors (Lipinski definition) is 3. The standard InChI is InChI=1S/C17H21N3O/c1-4-5-10-20-12(2)16(11-18)14-8-6-7-9-15(14)17(20)19-13(3)21/h6-9,17H,4-5,10H2,1-3H3,(H,19,21). The molecule has 110 valence electrons. The van der Waals surface area contributed by atoms with Gasteiger partial charge in [-0.25, -0.2) is 0 Å². The number of benzene rings is 1. The van der Waals surface area contributed by atoms with Gasteiger partial charge >= 0.3 is 0 Å². The Morgan fingerprint density at radius 3 is 2.76 bits per heavy atom. The topological polar surface area (TPSA) is 56.1 Å². The van der Waals surface area contributed by atoms with Crippen molar-refractivity contribution >= 4 is 11.5 Å². The molecule has 0 bridgehead atoms. The van der Waals surface area contributed by atoms with E-state index in [1.807, 2.05) is 31.2 Å². The number of nitrogens with one attached hydrogen (secondary N) is 1. The minimum Gasteiger partial charge on any atom is -0.350 e. The monoisotopic (exact) mass is 283 g/mol. The first-order chi connectivity index (χ1) is 10.1. The second kappa shape index (κ2) is 6.45. The molecule has 1 aromatic carbocycles. The Kier molecular flexibility index (Phi) is 4.64. The van der Waals surface area contributed by atoms with Crippen molar-refractivity contribution in [3.8, 4) is 6.07 Å². The maximum Gasteiger partial charge on any atom is 0.218 e. The average molecular weight is 283 g/mol. The Bertz CT molecular complexity index is 613. The molecule has 0 aromatic heterocycles. The average Bonchev–Trinajstić information content (AvgIpc) is 2.47. The molecular weight excluding hydrogens is 262 g/mol. The number of nitriles is 1. The van der Waals surface area contributed by atoms with Crippen LogP contribution in [0.3, 0.4) is 0 Å². The molecule has 1 aromatic rings. The van der Waals surface area contributed by atoms with E-state index in [4.69, 9.17) is 0 Å². The third-order valence-corrected chi connectivity index (χ3v) is 3.83. The molecule has 4 heteroatoms. The van der Waals surface area contributed by atoms with Crippen LogP contribution < -0.4 is 5.32 Å². The van der Waals surface area contributed by atoms with E-state index in [1.54, 1.807) is 0 Å². The van der Waals surface area contributed by atoms with Gasteiger partial charge in [0, 0.05) is 30.3 Å². The van der Waals surface area contributed by atoms with E-state index in [-0.39, 0.29) is 12.1 Å². The first-order valence-electron chi connectivity index (χ1n) is 7.34. The highest BCUT2D eigenvalue weighted by Gasteiger charge is 2.30. The largest absolute Gasteiger partial charge is 0.350 e. The quantitative estimate of drug-likeness (QED) is 0.923. The van der Waals surface area contributed by atoms with E-state index in [0.29, 0.717) is 5.57 Å². The van der Waals surface area contributed by atoms with Gasteiger partial charge in [0.25, 0.3) is 0 Å². The summed E-state index contributed by atoms with van der Waals surface area (Å²) in [6.07, 6.45) is 1.90. The molecule has 1 unspecified atom stereocenters. The predicted molar refractivity (Wildman–Crippen MR) is 82.8 cm³/mol. The zero-order chi connectivity index (χ0) is 15.4. The predicted octanol–water partition coefficient (Wildman–Crippen LogP) is 3.19. The van der Waals surface area contributed by atoms with Gasteiger partial charge in [0.2, 0.25) is 5.91 Å². The molecule has 0 aliphatic carbocycles. The molecule has 1 atom stereocenters. The van der Waals surface area contributed by atoms with Crippen molar-refractivity contribution in [2.75, 3.05) is 6.54 Å². The Hall–Kier alpha value is -2.28.